The minimum absolute atomic E-state index is 0.242. The van der Waals surface area contributed by atoms with E-state index >= 15 is 0 Å². The molecule has 1 unspecified atom stereocenters. The number of hydrogen-bond acceptors (Lipinski definition) is 3. The van der Waals surface area contributed by atoms with E-state index < -0.39 is 28.5 Å². The fourth-order valence-corrected chi connectivity index (χ4v) is 2.48. The molecule has 0 radical (unpaired) electrons. The Bertz CT molecular complexity index is 331. The second kappa shape index (κ2) is 5.98. The summed E-state index contributed by atoms with van der Waals surface area (Å²) in [5.41, 5.74) is 4.48. The van der Waals surface area contributed by atoms with Crippen molar-refractivity contribution in [2.24, 2.45) is 5.73 Å². The summed E-state index contributed by atoms with van der Waals surface area (Å²) in [6.45, 7) is 1.96. The Morgan fingerprint density at radius 1 is 1.29 bits per heavy atom. The molecule has 0 amide bonds. The van der Waals surface area contributed by atoms with Gasteiger partial charge in [0.05, 0.1) is 0 Å². The Morgan fingerprint density at radius 2 is 1.82 bits per heavy atom. The maximum absolute atomic E-state index is 11.9. The number of rotatable bonds is 7. The summed E-state index contributed by atoms with van der Waals surface area (Å²) in [6.07, 6.45) is -3.81. The second-order valence-corrected chi connectivity index (χ2v) is 5.49. The van der Waals surface area contributed by atoms with E-state index in [4.69, 9.17) is 5.73 Å². The van der Waals surface area contributed by atoms with E-state index in [1.807, 2.05) is 0 Å². The van der Waals surface area contributed by atoms with Crippen LogP contribution < -0.4 is 15.2 Å². The molecule has 0 aliphatic heterocycles. The molecule has 0 saturated carbocycles. The van der Waals surface area contributed by atoms with Crippen molar-refractivity contribution in [1.82, 2.24) is 9.44 Å². The Kier molecular flexibility index (Phi) is 5.85. The first-order valence-electron chi connectivity index (χ1n) is 5.09. The van der Waals surface area contributed by atoms with Crippen molar-refractivity contribution >= 4 is 10.2 Å². The fourth-order valence-electron chi connectivity index (χ4n) is 1.16. The number of halogens is 3. The van der Waals surface area contributed by atoms with E-state index in [2.05, 4.69) is 4.72 Å². The van der Waals surface area contributed by atoms with Crippen molar-refractivity contribution in [3.05, 3.63) is 0 Å². The van der Waals surface area contributed by atoms with Gasteiger partial charge in [-0.1, -0.05) is 6.92 Å². The van der Waals surface area contributed by atoms with Gasteiger partial charge in [0.1, 0.15) is 6.54 Å². The van der Waals surface area contributed by atoms with Crippen LogP contribution in [0.1, 0.15) is 26.7 Å². The largest absolute Gasteiger partial charge is 0.402 e. The predicted molar refractivity (Wildman–Crippen MR) is 58.5 cm³/mol. The molecule has 0 heterocycles. The average Bonchev–Trinajstić information content (AvgIpc) is 2.14. The highest BCUT2D eigenvalue weighted by atomic mass is 32.2. The fraction of sp³-hybridized carbons (Fsp3) is 1.00. The second-order valence-electron chi connectivity index (χ2n) is 3.99. The first-order valence-corrected chi connectivity index (χ1v) is 6.57. The Labute approximate surface area is 99.1 Å². The van der Waals surface area contributed by atoms with E-state index in [1.165, 1.54) is 4.72 Å². The number of nitrogens with two attached hydrogens (primary N) is 1. The normalized spacial score (nSPS) is 16.8. The predicted octanol–water partition coefficient (Wildman–Crippen LogP) is 0.490. The van der Waals surface area contributed by atoms with Crippen LogP contribution in [0.4, 0.5) is 13.2 Å². The molecule has 0 bridgehead atoms. The van der Waals surface area contributed by atoms with Crippen LogP contribution in [-0.4, -0.2) is 33.2 Å². The maximum atomic E-state index is 11.9. The van der Waals surface area contributed by atoms with Gasteiger partial charge in [0, 0.05) is 5.54 Å². The molecule has 0 aromatic heterocycles. The molecule has 0 spiro atoms. The zero-order valence-electron chi connectivity index (χ0n) is 9.76. The van der Waals surface area contributed by atoms with Crippen LogP contribution in [0.25, 0.3) is 0 Å². The molecular weight excluding hydrogens is 259 g/mol. The zero-order valence-corrected chi connectivity index (χ0v) is 10.6. The summed E-state index contributed by atoms with van der Waals surface area (Å²) >= 11 is 0. The number of alkyl halides is 3. The molecule has 4 N–H and O–H groups in total. The van der Waals surface area contributed by atoms with Crippen molar-refractivity contribution < 1.29 is 21.6 Å². The zero-order chi connectivity index (χ0) is 13.7. The van der Waals surface area contributed by atoms with Gasteiger partial charge in [0.2, 0.25) is 0 Å². The standard InChI is InChI=1S/C8H18F3N3O2S/c1-3-7(2,4-5-12)14-17(15,16)13-6-8(9,10)11/h13-14H,3-6,12H2,1-2H3. The van der Waals surface area contributed by atoms with Crippen molar-refractivity contribution in [2.75, 3.05) is 13.1 Å². The summed E-state index contributed by atoms with van der Waals surface area (Å²) in [7, 11) is -4.18. The molecular formula is C8H18F3N3O2S. The molecule has 5 nitrogen and oxygen atoms in total. The van der Waals surface area contributed by atoms with Crippen molar-refractivity contribution in [1.29, 1.82) is 0 Å². The SMILES string of the molecule is CCC(C)(CCN)NS(=O)(=O)NCC(F)(F)F. The van der Waals surface area contributed by atoms with Crippen LogP contribution in [0.2, 0.25) is 0 Å². The van der Waals surface area contributed by atoms with E-state index in [-0.39, 0.29) is 6.54 Å². The molecule has 0 saturated heterocycles. The minimum atomic E-state index is -4.58. The minimum Gasteiger partial charge on any atom is -0.330 e. The molecule has 17 heavy (non-hydrogen) atoms. The van der Waals surface area contributed by atoms with Gasteiger partial charge in [0.15, 0.2) is 0 Å². The van der Waals surface area contributed by atoms with Gasteiger partial charge in [-0.05, 0) is 26.3 Å². The first-order chi connectivity index (χ1) is 7.54. The highest BCUT2D eigenvalue weighted by molar-refractivity contribution is 7.87. The topological polar surface area (TPSA) is 84.2 Å². The van der Waals surface area contributed by atoms with Gasteiger partial charge in [0.25, 0.3) is 10.2 Å². The lowest BCUT2D eigenvalue weighted by molar-refractivity contribution is -0.121. The van der Waals surface area contributed by atoms with Gasteiger partial charge < -0.3 is 5.73 Å². The molecule has 0 aliphatic carbocycles. The lowest BCUT2D eigenvalue weighted by Gasteiger charge is -2.28. The molecule has 0 aromatic carbocycles. The Balaban J connectivity index is 4.53. The van der Waals surface area contributed by atoms with Gasteiger partial charge >= 0.3 is 6.18 Å². The molecule has 9 heteroatoms. The summed E-state index contributed by atoms with van der Waals surface area (Å²) in [5, 5.41) is 0. The number of hydrogen-bond donors (Lipinski definition) is 3. The van der Waals surface area contributed by atoms with Crippen LogP contribution in [0.15, 0.2) is 0 Å². The van der Waals surface area contributed by atoms with Crippen LogP contribution in [0, 0.1) is 0 Å². The molecule has 0 aromatic rings. The van der Waals surface area contributed by atoms with E-state index in [0.717, 1.165) is 0 Å². The number of nitrogens with one attached hydrogen (secondary N) is 2. The summed E-state index contributed by atoms with van der Waals surface area (Å²) in [6, 6.07) is 0. The third-order valence-corrected chi connectivity index (χ3v) is 3.61. The van der Waals surface area contributed by atoms with Crippen molar-refractivity contribution in [3.63, 3.8) is 0 Å². The quantitative estimate of drug-likeness (QED) is 0.633. The van der Waals surface area contributed by atoms with Crippen LogP contribution >= 0.6 is 0 Å². The van der Waals surface area contributed by atoms with Crippen LogP contribution in [0.5, 0.6) is 0 Å². The molecule has 1 atom stereocenters. The smallest absolute Gasteiger partial charge is 0.330 e. The summed E-state index contributed by atoms with van der Waals surface area (Å²) < 4.78 is 62.0. The maximum Gasteiger partial charge on any atom is 0.402 e. The highest BCUT2D eigenvalue weighted by Gasteiger charge is 2.32. The summed E-state index contributed by atoms with van der Waals surface area (Å²) in [4.78, 5) is 0. The highest BCUT2D eigenvalue weighted by Crippen LogP contribution is 2.16. The molecule has 0 fully saturated rings. The molecule has 0 aliphatic rings. The van der Waals surface area contributed by atoms with Gasteiger partial charge in [-0.15, -0.1) is 0 Å². The molecule has 0 rings (SSSR count). The summed E-state index contributed by atoms with van der Waals surface area (Å²) in [5.74, 6) is 0. The lowest BCUT2D eigenvalue weighted by Crippen LogP contribution is -2.52. The Morgan fingerprint density at radius 3 is 2.18 bits per heavy atom. The Hall–Kier alpha value is -0.380. The molecule has 104 valence electrons. The van der Waals surface area contributed by atoms with Crippen LogP contribution in [-0.2, 0) is 10.2 Å². The average molecular weight is 277 g/mol. The monoisotopic (exact) mass is 277 g/mol. The first kappa shape index (κ1) is 16.6. The van der Waals surface area contributed by atoms with Gasteiger partial charge in [-0.25, -0.2) is 0 Å². The van der Waals surface area contributed by atoms with Crippen molar-refractivity contribution in [2.45, 2.75) is 38.4 Å². The van der Waals surface area contributed by atoms with Crippen LogP contribution in [0.3, 0.4) is 0 Å². The van der Waals surface area contributed by atoms with E-state index in [1.54, 1.807) is 13.8 Å². The van der Waals surface area contributed by atoms with E-state index in [0.29, 0.717) is 12.8 Å². The van der Waals surface area contributed by atoms with E-state index in [9.17, 15) is 21.6 Å². The third kappa shape index (κ3) is 7.53. The lowest BCUT2D eigenvalue weighted by atomic mass is 9.96. The van der Waals surface area contributed by atoms with Gasteiger partial charge in [-0.3, -0.25) is 0 Å². The van der Waals surface area contributed by atoms with Gasteiger partial charge in [-0.2, -0.15) is 31.0 Å². The van der Waals surface area contributed by atoms with Crippen molar-refractivity contribution in [3.8, 4) is 0 Å². The third-order valence-electron chi connectivity index (χ3n) is 2.32.